The number of benzene rings is 1. The van der Waals surface area contributed by atoms with Gasteiger partial charge in [0.15, 0.2) is 0 Å². The molecule has 3 N–H and O–H groups in total. The van der Waals surface area contributed by atoms with Crippen LogP contribution in [-0.2, 0) is 0 Å². The Labute approximate surface area is 111 Å². The number of pyridine rings is 1. The zero-order valence-electron chi connectivity index (χ0n) is 10.8. The summed E-state index contributed by atoms with van der Waals surface area (Å²) in [5.41, 5.74) is 8.05. The standard InChI is InChI=1S/C15H17FN2O/c1-10-7-12(16)4-5-13(10)15(19)14(8-17)11-3-2-6-18-9-11/h2-7,9,14-15,19H,8,17H2,1H3. The van der Waals surface area contributed by atoms with Gasteiger partial charge in [0.25, 0.3) is 0 Å². The van der Waals surface area contributed by atoms with E-state index in [0.29, 0.717) is 12.1 Å². The molecule has 1 aromatic heterocycles. The average Bonchev–Trinajstić information content (AvgIpc) is 2.40. The summed E-state index contributed by atoms with van der Waals surface area (Å²) in [4.78, 5) is 4.04. The van der Waals surface area contributed by atoms with Crippen LogP contribution in [0, 0.1) is 12.7 Å². The van der Waals surface area contributed by atoms with Crippen molar-refractivity contribution in [3.8, 4) is 0 Å². The van der Waals surface area contributed by atoms with Crippen LogP contribution >= 0.6 is 0 Å². The molecule has 4 heteroatoms. The molecule has 3 nitrogen and oxygen atoms in total. The Hall–Kier alpha value is -1.78. The van der Waals surface area contributed by atoms with Crippen LogP contribution in [0.5, 0.6) is 0 Å². The minimum Gasteiger partial charge on any atom is -0.388 e. The lowest BCUT2D eigenvalue weighted by atomic mass is 9.88. The molecule has 2 unspecified atom stereocenters. The van der Waals surface area contributed by atoms with Crippen molar-refractivity contribution in [2.24, 2.45) is 5.73 Å². The van der Waals surface area contributed by atoms with Crippen LogP contribution in [0.15, 0.2) is 42.7 Å². The number of hydrogen-bond acceptors (Lipinski definition) is 3. The van der Waals surface area contributed by atoms with Crippen LogP contribution < -0.4 is 5.73 Å². The summed E-state index contributed by atoms with van der Waals surface area (Å²) < 4.78 is 13.1. The van der Waals surface area contributed by atoms with Gasteiger partial charge in [-0.15, -0.1) is 0 Å². The number of halogens is 1. The van der Waals surface area contributed by atoms with Gasteiger partial charge in [-0.25, -0.2) is 4.39 Å². The Kier molecular flexibility index (Phi) is 4.24. The molecular weight excluding hydrogens is 243 g/mol. The van der Waals surface area contributed by atoms with Crippen LogP contribution in [-0.4, -0.2) is 16.6 Å². The molecule has 1 aromatic carbocycles. The maximum atomic E-state index is 13.1. The third kappa shape index (κ3) is 2.97. The predicted molar refractivity (Wildman–Crippen MR) is 72.1 cm³/mol. The van der Waals surface area contributed by atoms with Gasteiger partial charge < -0.3 is 10.8 Å². The molecule has 2 atom stereocenters. The monoisotopic (exact) mass is 260 g/mol. The third-order valence-electron chi connectivity index (χ3n) is 3.30. The summed E-state index contributed by atoms with van der Waals surface area (Å²) in [5, 5.41) is 10.5. The largest absolute Gasteiger partial charge is 0.388 e. The lowest BCUT2D eigenvalue weighted by Gasteiger charge is -2.23. The fourth-order valence-corrected chi connectivity index (χ4v) is 2.23. The Morgan fingerprint density at radius 1 is 1.37 bits per heavy atom. The lowest BCUT2D eigenvalue weighted by Crippen LogP contribution is -2.21. The molecule has 0 bridgehead atoms. The maximum absolute atomic E-state index is 13.1. The fourth-order valence-electron chi connectivity index (χ4n) is 2.23. The van der Waals surface area contributed by atoms with E-state index in [0.717, 1.165) is 11.1 Å². The first-order chi connectivity index (χ1) is 9.13. The van der Waals surface area contributed by atoms with Crippen molar-refractivity contribution in [1.82, 2.24) is 4.98 Å². The van der Waals surface area contributed by atoms with E-state index in [4.69, 9.17) is 5.73 Å². The van der Waals surface area contributed by atoms with Crippen LogP contribution in [0.2, 0.25) is 0 Å². The van der Waals surface area contributed by atoms with Crippen molar-refractivity contribution in [2.45, 2.75) is 18.9 Å². The van der Waals surface area contributed by atoms with Gasteiger partial charge in [0.1, 0.15) is 5.82 Å². The van der Waals surface area contributed by atoms with E-state index < -0.39 is 6.10 Å². The zero-order chi connectivity index (χ0) is 13.8. The SMILES string of the molecule is Cc1cc(F)ccc1C(O)C(CN)c1cccnc1. The van der Waals surface area contributed by atoms with Gasteiger partial charge in [0.05, 0.1) is 6.10 Å². The first kappa shape index (κ1) is 13.6. The second-order valence-electron chi connectivity index (χ2n) is 4.57. The van der Waals surface area contributed by atoms with Gasteiger partial charge in [0, 0.05) is 24.9 Å². The van der Waals surface area contributed by atoms with Crippen LogP contribution in [0.3, 0.4) is 0 Å². The van der Waals surface area contributed by atoms with Crippen molar-refractivity contribution >= 4 is 0 Å². The number of nitrogens with two attached hydrogens (primary N) is 1. The number of aromatic nitrogens is 1. The van der Waals surface area contributed by atoms with E-state index in [-0.39, 0.29) is 11.7 Å². The molecule has 0 saturated carbocycles. The third-order valence-corrected chi connectivity index (χ3v) is 3.30. The van der Waals surface area contributed by atoms with E-state index in [1.165, 1.54) is 12.1 Å². The molecule has 0 aliphatic heterocycles. The van der Waals surface area contributed by atoms with Gasteiger partial charge in [-0.3, -0.25) is 4.98 Å². The Bertz CT molecular complexity index is 545. The number of aliphatic hydroxyl groups is 1. The van der Waals surface area contributed by atoms with Crippen molar-refractivity contribution in [3.63, 3.8) is 0 Å². The highest BCUT2D eigenvalue weighted by atomic mass is 19.1. The summed E-state index contributed by atoms with van der Waals surface area (Å²) in [6.45, 7) is 2.07. The van der Waals surface area contributed by atoms with E-state index in [1.807, 2.05) is 12.1 Å². The molecule has 100 valence electrons. The van der Waals surface area contributed by atoms with Crippen LogP contribution in [0.1, 0.15) is 28.7 Å². The summed E-state index contributed by atoms with van der Waals surface area (Å²) in [6.07, 6.45) is 2.60. The van der Waals surface area contributed by atoms with E-state index in [1.54, 1.807) is 25.4 Å². The highest BCUT2D eigenvalue weighted by Gasteiger charge is 2.23. The smallest absolute Gasteiger partial charge is 0.123 e. The molecule has 19 heavy (non-hydrogen) atoms. The topological polar surface area (TPSA) is 59.1 Å². The van der Waals surface area contributed by atoms with Gasteiger partial charge in [0.2, 0.25) is 0 Å². The molecule has 0 fully saturated rings. The summed E-state index contributed by atoms with van der Waals surface area (Å²) in [6, 6.07) is 8.06. The highest BCUT2D eigenvalue weighted by Crippen LogP contribution is 2.31. The van der Waals surface area contributed by atoms with Crippen LogP contribution in [0.25, 0.3) is 0 Å². The lowest BCUT2D eigenvalue weighted by molar-refractivity contribution is 0.146. The molecule has 0 aliphatic carbocycles. The molecule has 0 amide bonds. The predicted octanol–water partition coefficient (Wildman–Crippen LogP) is 2.31. The van der Waals surface area contributed by atoms with Gasteiger partial charge in [-0.1, -0.05) is 12.1 Å². The Morgan fingerprint density at radius 3 is 2.74 bits per heavy atom. The fraction of sp³-hybridized carbons (Fsp3) is 0.267. The second-order valence-corrected chi connectivity index (χ2v) is 4.57. The Balaban J connectivity index is 2.33. The number of aliphatic hydroxyl groups excluding tert-OH is 1. The number of rotatable bonds is 4. The number of nitrogens with zero attached hydrogens (tertiary/aromatic N) is 1. The first-order valence-electron chi connectivity index (χ1n) is 6.17. The quantitative estimate of drug-likeness (QED) is 0.886. The molecule has 2 rings (SSSR count). The average molecular weight is 260 g/mol. The molecule has 0 saturated heterocycles. The maximum Gasteiger partial charge on any atom is 0.123 e. The van der Waals surface area contributed by atoms with E-state index in [9.17, 15) is 9.50 Å². The van der Waals surface area contributed by atoms with E-state index in [2.05, 4.69) is 4.98 Å². The molecule has 0 spiro atoms. The van der Waals surface area contributed by atoms with Crippen molar-refractivity contribution in [2.75, 3.05) is 6.54 Å². The first-order valence-corrected chi connectivity index (χ1v) is 6.17. The van der Waals surface area contributed by atoms with E-state index >= 15 is 0 Å². The molecule has 0 radical (unpaired) electrons. The normalized spacial score (nSPS) is 14.1. The number of aryl methyl sites for hydroxylation is 1. The minimum absolute atomic E-state index is 0.252. The molecular formula is C15H17FN2O. The molecule has 0 aliphatic rings. The van der Waals surface area contributed by atoms with Crippen LogP contribution in [0.4, 0.5) is 4.39 Å². The van der Waals surface area contributed by atoms with Gasteiger partial charge in [-0.2, -0.15) is 0 Å². The van der Waals surface area contributed by atoms with Crippen molar-refractivity contribution < 1.29 is 9.50 Å². The summed E-state index contributed by atoms with van der Waals surface area (Å²) in [5.74, 6) is -0.558. The zero-order valence-corrected chi connectivity index (χ0v) is 10.8. The van der Waals surface area contributed by atoms with Gasteiger partial charge in [-0.05, 0) is 41.8 Å². The van der Waals surface area contributed by atoms with Crippen molar-refractivity contribution in [1.29, 1.82) is 0 Å². The number of hydrogen-bond donors (Lipinski definition) is 2. The highest BCUT2D eigenvalue weighted by molar-refractivity contribution is 5.32. The summed E-state index contributed by atoms with van der Waals surface area (Å²) in [7, 11) is 0. The summed E-state index contributed by atoms with van der Waals surface area (Å²) >= 11 is 0. The van der Waals surface area contributed by atoms with Gasteiger partial charge >= 0.3 is 0 Å². The minimum atomic E-state index is -0.769. The molecule has 2 aromatic rings. The Morgan fingerprint density at radius 2 is 2.16 bits per heavy atom. The molecule has 1 heterocycles. The van der Waals surface area contributed by atoms with Crippen molar-refractivity contribution in [3.05, 3.63) is 65.2 Å². The second kappa shape index (κ2) is 5.91.